The Hall–Kier alpha value is -3.59. The summed E-state index contributed by atoms with van der Waals surface area (Å²) in [5.74, 6) is 0.199. The van der Waals surface area contributed by atoms with Gasteiger partial charge >= 0.3 is 0 Å². The predicted molar refractivity (Wildman–Crippen MR) is 131 cm³/mol. The lowest BCUT2D eigenvalue weighted by Crippen LogP contribution is -2.40. The van der Waals surface area contributed by atoms with E-state index in [0.717, 1.165) is 5.56 Å². The van der Waals surface area contributed by atoms with E-state index in [0.29, 0.717) is 34.5 Å². The Morgan fingerprint density at radius 1 is 1.17 bits per heavy atom. The van der Waals surface area contributed by atoms with E-state index >= 15 is 0 Å². The molecule has 3 aromatic rings. The summed E-state index contributed by atoms with van der Waals surface area (Å²) in [6.45, 7) is 5.80. The molecule has 1 saturated heterocycles. The predicted octanol–water partition coefficient (Wildman–Crippen LogP) is 3.41. The van der Waals surface area contributed by atoms with Crippen molar-refractivity contribution < 1.29 is 27.1 Å². The third kappa shape index (κ3) is 3.89. The summed E-state index contributed by atoms with van der Waals surface area (Å²) in [6, 6.07) is 8.99. The molecule has 35 heavy (non-hydrogen) atoms. The number of ether oxygens (including phenoxy) is 2. The van der Waals surface area contributed by atoms with Gasteiger partial charge < -0.3 is 18.8 Å². The molecular weight excluding hydrogens is 470 g/mol. The fourth-order valence-corrected chi connectivity index (χ4v) is 6.64. The molecular formula is C26H25NO7S. The monoisotopic (exact) mass is 495 g/mol. The van der Waals surface area contributed by atoms with Crippen LogP contribution in [0.2, 0.25) is 0 Å². The number of carbonyl (C=O) groups is 1. The third-order valence-corrected chi connectivity index (χ3v) is 8.27. The second-order valence-corrected chi connectivity index (χ2v) is 11.1. The zero-order valence-electron chi connectivity index (χ0n) is 19.4. The third-order valence-electron chi connectivity index (χ3n) is 6.52. The van der Waals surface area contributed by atoms with Crippen molar-refractivity contribution in [2.24, 2.45) is 0 Å². The van der Waals surface area contributed by atoms with Gasteiger partial charge in [-0.3, -0.25) is 9.59 Å². The molecule has 8 nitrogen and oxygen atoms in total. The molecule has 182 valence electrons. The Morgan fingerprint density at radius 2 is 1.97 bits per heavy atom. The summed E-state index contributed by atoms with van der Waals surface area (Å²) in [5, 5.41) is 0.375. The minimum absolute atomic E-state index is 0.00922. The molecule has 2 aromatic carbocycles. The largest absolute Gasteiger partial charge is 0.493 e. The van der Waals surface area contributed by atoms with Crippen molar-refractivity contribution in [3.63, 3.8) is 0 Å². The molecule has 9 heteroatoms. The van der Waals surface area contributed by atoms with Crippen LogP contribution < -0.4 is 14.9 Å². The van der Waals surface area contributed by atoms with Crippen molar-refractivity contribution in [2.75, 3.05) is 25.2 Å². The number of benzene rings is 2. The van der Waals surface area contributed by atoms with Crippen LogP contribution in [0.4, 0.5) is 0 Å². The molecule has 2 aliphatic heterocycles. The van der Waals surface area contributed by atoms with Gasteiger partial charge in [-0.1, -0.05) is 30.4 Å². The van der Waals surface area contributed by atoms with Crippen molar-refractivity contribution in [3.8, 4) is 11.5 Å². The molecule has 0 aliphatic carbocycles. The van der Waals surface area contributed by atoms with Gasteiger partial charge in [0.2, 0.25) is 5.76 Å². The van der Waals surface area contributed by atoms with Gasteiger partial charge in [-0.05, 0) is 43.2 Å². The maximum Gasteiger partial charge on any atom is 0.291 e. The topological polar surface area (TPSA) is 103 Å². The number of fused-ring (bicyclic) bond motifs is 2. The van der Waals surface area contributed by atoms with Crippen LogP contribution in [0, 0.1) is 6.92 Å². The number of rotatable bonds is 6. The van der Waals surface area contributed by atoms with E-state index in [9.17, 15) is 18.0 Å². The average Bonchev–Trinajstić information content (AvgIpc) is 3.34. The first kappa shape index (κ1) is 23.2. The number of hydrogen-bond acceptors (Lipinski definition) is 7. The molecule has 0 spiro atoms. The smallest absolute Gasteiger partial charge is 0.291 e. The van der Waals surface area contributed by atoms with Crippen LogP contribution >= 0.6 is 0 Å². The summed E-state index contributed by atoms with van der Waals surface area (Å²) in [5.41, 5.74) is 1.70. The first-order valence-corrected chi connectivity index (χ1v) is 13.1. The number of carbonyl (C=O) groups excluding carboxylic acids is 1. The SMILES string of the molecule is C=CCOc1ccc(C2c3c(oc4ccc(C)cc4c3=O)C(=O)N2C2CCS(=O)(=O)C2)cc1OC. The summed E-state index contributed by atoms with van der Waals surface area (Å²) in [4.78, 5) is 28.9. The molecule has 0 N–H and O–H groups in total. The molecule has 2 atom stereocenters. The number of aryl methyl sites for hydroxylation is 1. The highest BCUT2D eigenvalue weighted by Crippen LogP contribution is 2.43. The molecule has 1 amide bonds. The molecule has 0 bridgehead atoms. The van der Waals surface area contributed by atoms with E-state index in [-0.39, 0.29) is 34.9 Å². The molecule has 2 aliphatic rings. The minimum atomic E-state index is -3.29. The number of amides is 1. The van der Waals surface area contributed by atoms with Gasteiger partial charge in [-0.15, -0.1) is 0 Å². The van der Waals surface area contributed by atoms with Gasteiger partial charge in [-0.2, -0.15) is 0 Å². The maximum absolute atomic E-state index is 13.7. The zero-order valence-corrected chi connectivity index (χ0v) is 20.3. The van der Waals surface area contributed by atoms with Crippen LogP contribution in [-0.2, 0) is 9.84 Å². The maximum atomic E-state index is 13.7. The fourth-order valence-electron chi connectivity index (χ4n) is 4.93. The Bertz CT molecular complexity index is 1520. The molecule has 0 saturated carbocycles. The van der Waals surface area contributed by atoms with Gasteiger partial charge in [0.25, 0.3) is 5.91 Å². The van der Waals surface area contributed by atoms with E-state index in [4.69, 9.17) is 13.9 Å². The van der Waals surface area contributed by atoms with E-state index in [1.807, 2.05) is 13.0 Å². The lowest BCUT2D eigenvalue weighted by atomic mass is 9.97. The van der Waals surface area contributed by atoms with E-state index in [1.54, 1.807) is 36.4 Å². The molecule has 3 heterocycles. The van der Waals surface area contributed by atoms with Crippen molar-refractivity contribution >= 4 is 26.7 Å². The number of nitrogens with zero attached hydrogens (tertiary/aromatic N) is 1. The summed E-state index contributed by atoms with van der Waals surface area (Å²) < 4.78 is 41.7. The first-order valence-electron chi connectivity index (χ1n) is 11.3. The van der Waals surface area contributed by atoms with Crippen molar-refractivity contribution in [3.05, 3.63) is 81.7 Å². The van der Waals surface area contributed by atoms with Gasteiger partial charge in [0, 0.05) is 6.04 Å². The second-order valence-electron chi connectivity index (χ2n) is 8.86. The van der Waals surface area contributed by atoms with Crippen LogP contribution in [0.1, 0.15) is 39.7 Å². The van der Waals surface area contributed by atoms with Gasteiger partial charge in [0.1, 0.15) is 12.2 Å². The standard InChI is InChI=1S/C26H25NO7S/c1-4-10-33-20-8-6-16(13-21(20)32-3)23-22-24(28)18-12-15(2)5-7-19(18)34-25(22)26(29)27(23)17-9-11-35(30,31)14-17/h4-8,12-13,17,23H,1,9-11,14H2,2-3H3. The number of sulfone groups is 1. The Morgan fingerprint density at radius 3 is 2.66 bits per heavy atom. The lowest BCUT2D eigenvalue weighted by molar-refractivity contribution is 0.0662. The van der Waals surface area contributed by atoms with E-state index in [2.05, 4.69) is 6.58 Å². The number of methoxy groups -OCH3 is 1. The second kappa shape index (κ2) is 8.57. The number of hydrogen-bond donors (Lipinski definition) is 0. The van der Waals surface area contributed by atoms with Crippen LogP contribution in [0.25, 0.3) is 11.0 Å². The normalized spacial score (nSPS) is 20.7. The van der Waals surface area contributed by atoms with Crippen LogP contribution in [0.15, 0.2) is 58.3 Å². The van der Waals surface area contributed by atoms with Crippen LogP contribution in [0.3, 0.4) is 0 Å². The highest BCUT2D eigenvalue weighted by atomic mass is 32.2. The zero-order chi connectivity index (χ0) is 24.9. The molecule has 1 fully saturated rings. The summed E-state index contributed by atoms with van der Waals surface area (Å²) >= 11 is 0. The van der Waals surface area contributed by atoms with E-state index in [1.165, 1.54) is 12.0 Å². The molecule has 5 rings (SSSR count). The van der Waals surface area contributed by atoms with Gasteiger partial charge in [0.15, 0.2) is 26.8 Å². The van der Waals surface area contributed by atoms with E-state index < -0.39 is 27.8 Å². The fraction of sp³-hybridized carbons (Fsp3) is 0.308. The van der Waals surface area contributed by atoms with Crippen molar-refractivity contribution in [1.29, 1.82) is 0 Å². The Kier molecular flexibility index (Phi) is 5.67. The average molecular weight is 496 g/mol. The molecule has 1 aromatic heterocycles. The quantitative estimate of drug-likeness (QED) is 0.483. The van der Waals surface area contributed by atoms with Gasteiger partial charge in [0.05, 0.1) is 35.6 Å². The first-order chi connectivity index (χ1) is 16.7. The lowest BCUT2D eigenvalue weighted by Gasteiger charge is -2.30. The van der Waals surface area contributed by atoms with Gasteiger partial charge in [-0.25, -0.2) is 8.42 Å². The molecule has 0 radical (unpaired) electrons. The molecule has 2 unspecified atom stereocenters. The van der Waals surface area contributed by atoms with Crippen molar-refractivity contribution in [1.82, 2.24) is 4.90 Å². The Labute approximate surface area is 202 Å². The highest BCUT2D eigenvalue weighted by molar-refractivity contribution is 7.91. The Balaban J connectivity index is 1.72. The van der Waals surface area contributed by atoms with Crippen LogP contribution in [0.5, 0.6) is 11.5 Å². The van der Waals surface area contributed by atoms with Crippen LogP contribution in [-0.4, -0.2) is 50.5 Å². The summed E-state index contributed by atoms with van der Waals surface area (Å²) in [6.07, 6.45) is 1.91. The minimum Gasteiger partial charge on any atom is -0.493 e. The summed E-state index contributed by atoms with van der Waals surface area (Å²) in [7, 11) is -1.79. The highest BCUT2D eigenvalue weighted by Gasteiger charge is 2.48. The van der Waals surface area contributed by atoms with Crippen molar-refractivity contribution in [2.45, 2.75) is 25.4 Å².